The number of allylic oxidation sites excluding steroid dienone is 1. The normalized spacial score (nSPS) is 11.2. The third kappa shape index (κ3) is 3.75. The van der Waals surface area contributed by atoms with Gasteiger partial charge in [-0.3, -0.25) is 4.98 Å². The standard InChI is InChI=1S/C16H16FN3/c1-12(18)10-16(13-6-8-19-9-7-13)20-11-14-4-2-3-5-15(14)17/h2-10,18,20H,11H2,1H3/b16-10-,18-12?. The third-order valence-corrected chi connectivity index (χ3v) is 2.78. The molecule has 0 aliphatic heterocycles. The Hall–Kier alpha value is -2.49. The Bertz CT molecular complexity index is 621. The maximum absolute atomic E-state index is 13.6. The van der Waals surface area contributed by atoms with E-state index in [1.54, 1.807) is 43.6 Å². The van der Waals surface area contributed by atoms with E-state index in [0.717, 1.165) is 11.3 Å². The lowest BCUT2D eigenvalue weighted by Gasteiger charge is -2.12. The van der Waals surface area contributed by atoms with E-state index in [-0.39, 0.29) is 5.82 Å². The molecule has 0 atom stereocenters. The van der Waals surface area contributed by atoms with Crippen LogP contribution in [0.4, 0.5) is 4.39 Å². The van der Waals surface area contributed by atoms with Crippen molar-refractivity contribution in [1.82, 2.24) is 10.3 Å². The SMILES string of the molecule is CC(=N)/C=C(\NCc1ccccc1F)c1ccncc1. The number of nitrogens with one attached hydrogen (secondary N) is 2. The van der Waals surface area contributed by atoms with E-state index in [9.17, 15) is 4.39 Å². The van der Waals surface area contributed by atoms with Gasteiger partial charge < -0.3 is 10.7 Å². The van der Waals surface area contributed by atoms with Crippen LogP contribution in [0.3, 0.4) is 0 Å². The molecular weight excluding hydrogens is 253 g/mol. The summed E-state index contributed by atoms with van der Waals surface area (Å²) in [5.41, 5.74) is 2.72. The second-order valence-electron chi connectivity index (χ2n) is 4.42. The molecular formula is C16H16FN3. The molecule has 0 saturated heterocycles. The molecule has 0 bridgehead atoms. The van der Waals surface area contributed by atoms with Gasteiger partial charge in [0.25, 0.3) is 0 Å². The Balaban J connectivity index is 2.18. The van der Waals surface area contributed by atoms with E-state index in [1.165, 1.54) is 6.07 Å². The quantitative estimate of drug-likeness (QED) is 0.817. The summed E-state index contributed by atoms with van der Waals surface area (Å²) in [5.74, 6) is -0.236. The zero-order valence-corrected chi connectivity index (χ0v) is 11.2. The summed E-state index contributed by atoms with van der Waals surface area (Å²) in [7, 11) is 0. The molecule has 2 rings (SSSR count). The smallest absolute Gasteiger partial charge is 0.128 e. The van der Waals surface area contributed by atoms with E-state index in [2.05, 4.69) is 10.3 Å². The van der Waals surface area contributed by atoms with Crippen molar-refractivity contribution >= 4 is 11.4 Å². The molecule has 2 N–H and O–H groups in total. The van der Waals surface area contributed by atoms with E-state index in [4.69, 9.17) is 5.41 Å². The number of nitrogens with zero attached hydrogens (tertiary/aromatic N) is 1. The van der Waals surface area contributed by atoms with E-state index in [0.29, 0.717) is 17.8 Å². The molecule has 1 aromatic carbocycles. The van der Waals surface area contributed by atoms with Gasteiger partial charge in [-0.1, -0.05) is 18.2 Å². The molecule has 1 heterocycles. The van der Waals surface area contributed by atoms with Gasteiger partial charge in [0.05, 0.1) is 0 Å². The summed E-state index contributed by atoms with van der Waals surface area (Å²) in [6.45, 7) is 2.07. The summed E-state index contributed by atoms with van der Waals surface area (Å²) in [5, 5.41) is 10.8. The average Bonchev–Trinajstić information content (AvgIpc) is 2.45. The first-order valence-electron chi connectivity index (χ1n) is 6.31. The average molecular weight is 269 g/mol. The van der Waals surface area contributed by atoms with Crippen LogP contribution in [0.2, 0.25) is 0 Å². The molecule has 0 saturated carbocycles. The van der Waals surface area contributed by atoms with Crippen LogP contribution >= 0.6 is 0 Å². The van der Waals surface area contributed by atoms with Gasteiger partial charge in [0.15, 0.2) is 0 Å². The fraction of sp³-hybridized carbons (Fsp3) is 0.125. The minimum absolute atomic E-state index is 0.236. The Morgan fingerprint density at radius 2 is 1.95 bits per heavy atom. The minimum Gasteiger partial charge on any atom is -0.380 e. The molecule has 0 fully saturated rings. The van der Waals surface area contributed by atoms with Crippen molar-refractivity contribution in [3.63, 3.8) is 0 Å². The van der Waals surface area contributed by atoms with Crippen molar-refractivity contribution in [2.45, 2.75) is 13.5 Å². The fourth-order valence-electron chi connectivity index (χ4n) is 1.82. The number of halogens is 1. The van der Waals surface area contributed by atoms with Crippen LogP contribution in [-0.2, 0) is 6.54 Å². The van der Waals surface area contributed by atoms with Crippen LogP contribution in [0.5, 0.6) is 0 Å². The van der Waals surface area contributed by atoms with Crippen molar-refractivity contribution in [1.29, 1.82) is 5.41 Å². The molecule has 0 amide bonds. The highest BCUT2D eigenvalue weighted by molar-refractivity contribution is 5.96. The molecule has 0 aliphatic rings. The number of benzene rings is 1. The highest BCUT2D eigenvalue weighted by Crippen LogP contribution is 2.13. The number of pyridine rings is 1. The van der Waals surface area contributed by atoms with Crippen LogP contribution in [0.25, 0.3) is 5.70 Å². The van der Waals surface area contributed by atoms with Crippen molar-refractivity contribution in [2.24, 2.45) is 0 Å². The van der Waals surface area contributed by atoms with E-state index in [1.807, 2.05) is 12.1 Å². The molecule has 1 aromatic heterocycles. The molecule has 0 unspecified atom stereocenters. The van der Waals surface area contributed by atoms with Crippen molar-refractivity contribution in [3.8, 4) is 0 Å². The van der Waals surface area contributed by atoms with Crippen LogP contribution < -0.4 is 5.32 Å². The summed E-state index contributed by atoms with van der Waals surface area (Å²) >= 11 is 0. The van der Waals surface area contributed by atoms with Gasteiger partial charge in [-0.05, 0) is 31.2 Å². The second-order valence-corrected chi connectivity index (χ2v) is 4.42. The summed E-state index contributed by atoms with van der Waals surface area (Å²) < 4.78 is 13.6. The highest BCUT2D eigenvalue weighted by Gasteiger charge is 2.04. The first-order chi connectivity index (χ1) is 9.66. The molecule has 0 radical (unpaired) electrons. The number of rotatable bonds is 5. The Morgan fingerprint density at radius 1 is 1.25 bits per heavy atom. The maximum Gasteiger partial charge on any atom is 0.128 e. The molecule has 20 heavy (non-hydrogen) atoms. The van der Waals surface area contributed by atoms with Gasteiger partial charge in [0, 0.05) is 41.5 Å². The number of hydrogen-bond acceptors (Lipinski definition) is 3. The lowest BCUT2D eigenvalue weighted by atomic mass is 10.1. The highest BCUT2D eigenvalue weighted by atomic mass is 19.1. The number of aromatic nitrogens is 1. The predicted molar refractivity (Wildman–Crippen MR) is 78.9 cm³/mol. The maximum atomic E-state index is 13.6. The molecule has 0 spiro atoms. The molecule has 4 heteroatoms. The van der Waals surface area contributed by atoms with Gasteiger partial charge in [0.1, 0.15) is 5.82 Å². The third-order valence-electron chi connectivity index (χ3n) is 2.78. The zero-order valence-electron chi connectivity index (χ0n) is 11.2. The molecule has 2 aromatic rings. The first-order valence-corrected chi connectivity index (χ1v) is 6.31. The second kappa shape index (κ2) is 6.61. The summed E-state index contributed by atoms with van der Waals surface area (Å²) in [6, 6.07) is 10.3. The van der Waals surface area contributed by atoms with Crippen LogP contribution in [0, 0.1) is 11.2 Å². The molecule has 3 nitrogen and oxygen atoms in total. The van der Waals surface area contributed by atoms with Crippen molar-refractivity contribution < 1.29 is 4.39 Å². The number of hydrogen-bond donors (Lipinski definition) is 2. The summed E-state index contributed by atoms with van der Waals surface area (Å²) in [4.78, 5) is 3.97. The van der Waals surface area contributed by atoms with Crippen LogP contribution in [0.15, 0.2) is 54.9 Å². The van der Waals surface area contributed by atoms with Gasteiger partial charge in [-0.2, -0.15) is 0 Å². The lowest BCUT2D eigenvalue weighted by Crippen LogP contribution is -2.14. The minimum atomic E-state index is -0.236. The van der Waals surface area contributed by atoms with Gasteiger partial charge in [-0.15, -0.1) is 0 Å². The Labute approximate surface area is 117 Å². The van der Waals surface area contributed by atoms with E-state index < -0.39 is 0 Å². The van der Waals surface area contributed by atoms with Crippen molar-refractivity contribution in [3.05, 3.63) is 71.8 Å². The topological polar surface area (TPSA) is 48.8 Å². The molecule has 0 aliphatic carbocycles. The van der Waals surface area contributed by atoms with E-state index >= 15 is 0 Å². The Morgan fingerprint density at radius 3 is 2.60 bits per heavy atom. The fourth-order valence-corrected chi connectivity index (χ4v) is 1.82. The van der Waals surface area contributed by atoms with Gasteiger partial charge in [0.2, 0.25) is 0 Å². The van der Waals surface area contributed by atoms with Gasteiger partial charge in [-0.25, -0.2) is 4.39 Å². The van der Waals surface area contributed by atoms with Crippen LogP contribution in [-0.4, -0.2) is 10.7 Å². The largest absolute Gasteiger partial charge is 0.380 e. The van der Waals surface area contributed by atoms with Gasteiger partial charge >= 0.3 is 0 Å². The summed E-state index contributed by atoms with van der Waals surface area (Å²) in [6.07, 6.45) is 5.09. The first kappa shape index (κ1) is 13.9. The van der Waals surface area contributed by atoms with Crippen LogP contribution in [0.1, 0.15) is 18.1 Å². The monoisotopic (exact) mass is 269 g/mol. The van der Waals surface area contributed by atoms with Crippen molar-refractivity contribution in [2.75, 3.05) is 0 Å². The Kier molecular flexibility index (Phi) is 4.60. The zero-order chi connectivity index (χ0) is 14.4. The predicted octanol–water partition coefficient (Wildman–Crippen LogP) is 3.39. The lowest BCUT2D eigenvalue weighted by molar-refractivity contribution is 0.605. The molecule has 102 valence electrons.